The van der Waals surface area contributed by atoms with Gasteiger partial charge in [-0.1, -0.05) is 48.0 Å². The zero-order chi connectivity index (χ0) is 21.4. The van der Waals surface area contributed by atoms with E-state index < -0.39 is 0 Å². The molecule has 0 atom stereocenters. The number of fused-ring (bicyclic) bond motifs is 2. The lowest BCUT2D eigenvalue weighted by Gasteiger charge is -2.04. The molecule has 0 saturated carbocycles. The zero-order valence-electron chi connectivity index (χ0n) is 16.9. The highest BCUT2D eigenvalue weighted by atomic mass is 35.5. The molecule has 0 aliphatic carbocycles. The van der Waals surface area contributed by atoms with Gasteiger partial charge in [-0.2, -0.15) is 5.10 Å². The fourth-order valence-electron chi connectivity index (χ4n) is 3.72. The number of imidazole rings is 1. The lowest BCUT2D eigenvalue weighted by Crippen LogP contribution is -2.24. The van der Waals surface area contributed by atoms with Gasteiger partial charge in [0, 0.05) is 22.8 Å². The van der Waals surface area contributed by atoms with Gasteiger partial charge in [0.05, 0.1) is 24.3 Å². The maximum atomic E-state index is 13.0. The second-order valence-electron chi connectivity index (χ2n) is 7.49. The highest BCUT2D eigenvalue weighted by Gasteiger charge is 2.17. The van der Waals surface area contributed by atoms with Crippen LogP contribution < -0.4 is 5.32 Å². The molecule has 2 aromatic carbocycles. The molecule has 0 aliphatic heterocycles. The molecule has 0 spiro atoms. The van der Waals surface area contributed by atoms with Crippen LogP contribution in [0.5, 0.6) is 0 Å². The average molecular weight is 430 g/mol. The van der Waals surface area contributed by atoms with E-state index in [9.17, 15) is 4.79 Å². The van der Waals surface area contributed by atoms with Crippen LogP contribution in [-0.4, -0.2) is 25.1 Å². The van der Waals surface area contributed by atoms with Crippen LogP contribution in [0.4, 0.5) is 0 Å². The second kappa shape index (κ2) is 7.89. The van der Waals surface area contributed by atoms with Crippen molar-refractivity contribution in [3.63, 3.8) is 0 Å². The third-order valence-electron chi connectivity index (χ3n) is 5.28. The Hall–Kier alpha value is -3.64. The summed E-state index contributed by atoms with van der Waals surface area (Å²) in [6.07, 6.45) is 3.88. The van der Waals surface area contributed by atoms with Crippen LogP contribution in [0.25, 0.3) is 16.6 Å². The van der Waals surface area contributed by atoms with Crippen LogP contribution in [0.2, 0.25) is 5.02 Å². The summed E-state index contributed by atoms with van der Waals surface area (Å²) in [5.41, 5.74) is 5.16. The Labute approximate surface area is 184 Å². The Morgan fingerprint density at radius 2 is 1.87 bits per heavy atom. The summed E-state index contributed by atoms with van der Waals surface area (Å²) < 4.78 is 3.81. The fraction of sp³-hybridized carbons (Fsp3) is 0.125. The van der Waals surface area contributed by atoms with E-state index in [1.165, 1.54) is 0 Å². The lowest BCUT2D eigenvalue weighted by atomic mass is 10.2. The summed E-state index contributed by atoms with van der Waals surface area (Å²) in [6.45, 7) is 2.90. The Balaban J connectivity index is 1.40. The molecule has 0 saturated heterocycles. The van der Waals surface area contributed by atoms with Gasteiger partial charge in [0.25, 0.3) is 5.91 Å². The summed E-state index contributed by atoms with van der Waals surface area (Å²) in [4.78, 5) is 17.6. The van der Waals surface area contributed by atoms with Crippen molar-refractivity contribution < 1.29 is 4.79 Å². The molecule has 0 unspecified atom stereocenters. The molecular weight excluding hydrogens is 410 g/mol. The van der Waals surface area contributed by atoms with Crippen LogP contribution in [-0.2, 0) is 13.1 Å². The minimum atomic E-state index is -0.222. The van der Waals surface area contributed by atoms with Gasteiger partial charge in [-0.05, 0) is 42.3 Å². The molecule has 0 fully saturated rings. The first-order valence-corrected chi connectivity index (χ1v) is 10.4. The van der Waals surface area contributed by atoms with Gasteiger partial charge in [-0.3, -0.25) is 9.48 Å². The first kappa shape index (κ1) is 19.3. The van der Waals surface area contributed by atoms with Gasteiger partial charge in [-0.25, -0.2) is 4.98 Å². The molecule has 0 aliphatic rings. The van der Waals surface area contributed by atoms with Crippen LogP contribution in [0.15, 0.2) is 73.1 Å². The van der Waals surface area contributed by atoms with Gasteiger partial charge in [0.2, 0.25) is 0 Å². The minimum absolute atomic E-state index is 0.222. The number of carbonyl (C=O) groups is 1. The van der Waals surface area contributed by atoms with Crippen molar-refractivity contribution in [2.24, 2.45) is 0 Å². The van der Waals surface area contributed by atoms with Crippen LogP contribution >= 0.6 is 11.6 Å². The predicted octanol–water partition coefficient (Wildman–Crippen LogP) is 4.62. The topological polar surface area (TPSA) is 64.2 Å². The molecule has 0 radical (unpaired) electrons. The first-order chi connectivity index (χ1) is 15.1. The van der Waals surface area contributed by atoms with Crippen molar-refractivity contribution in [3.05, 3.63) is 101 Å². The van der Waals surface area contributed by atoms with E-state index in [4.69, 9.17) is 11.6 Å². The third kappa shape index (κ3) is 3.78. The van der Waals surface area contributed by atoms with Crippen molar-refractivity contribution in [2.45, 2.75) is 20.0 Å². The van der Waals surface area contributed by atoms with Crippen molar-refractivity contribution in [1.82, 2.24) is 24.5 Å². The van der Waals surface area contributed by atoms with E-state index in [-0.39, 0.29) is 5.91 Å². The molecule has 154 valence electrons. The number of aryl methyl sites for hydroxylation is 1. The fourth-order valence-corrected chi connectivity index (χ4v) is 3.85. The number of hydrogen-bond donors (Lipinski definition) is 1. The number of nitrogens with zero attached hydrogens (tertiary/aromatic N) is 4. The van der Waals surface area contributed by atoms with Crippen molar-refractivity contribution >= 4 is 34.1 Å². The molecule has 0 bridgehead atoms. The van der Waals surface area contributed by atoms with Crippen molar-refractivity contribution in [2.75, 3.05) is 0 Å². The van der Waals surface area contributed by atoms with Gasteiger partial charge in [0.1, 0.15) is 5.65 Å². The Morgan fingerprint density at radius 1 is 1.06 bits per heavy atom. The quantitative estimate of drug-likeness (QED) is 0.443. The third-order valence-corrected chi connectivity index (χ3v) is 5.53. The van der Waals surface area contributed by atoms with Crippen LogP contribution in [0.3, 0.4) is 0 Å². The molecular formula is C24H20ClN5O. The molecule has 3 heterocycles. The van der Waals surface area contributed by atoms with Gasteiger partial charge in [0.15, 0.2) is 5.69 Å². The Morgan fingerprint density at radius 3 is 2.68 bits per heavy atom. The highest BCUT2D eigenvalue weighted by molar-refractivity contribution is 6.30. The molecule has 3 aromatic heterocycles. The first-order valence-electron chi connectivity index (χ1n) is 10.00. The summed E-state index contributed by atoms with van der Waals surface area (Å²) in [5.74, 6) is -0.222. The second-order valence-corrected chi connectivity index (χ2v) is 7.92. The van der Waals surface area contributed by atoms with E-state index in [2.05, 4.69) is 15.4 Å². The summed E-state index contributed by atoms with van der Waals surface area (Å²) in [7, 11) is 0. The number of nitrogens with one attached hydrogen (secondary N) is 1. The van der Waals surface area contributed by atoms with Crippen LogP contribution in [0, 0.1) is 6.92 Å². The number of pyridine rings is 1. The maximum absolute atomic E-state index is 13.0. The monoisotopic (exact) mass is 429 g/mol. The van der Waals surface area contributed by atoms with Gasteiger partial charge < -0.3 is 9.72 Å². The minimum Gasteiger partial charge on any atom is -0.345 e. The van der Waals surface area contributed by atoms with Gasteiger partial charge >= 0.3 is 0 Å². The van der Waals surface area contributed by atoms with Crippen molar-refractivity contribution in [1.29, 1.82) is 0 Å². The summed E-state index contributed by atoms with van der Waals surface area (Å²) in [6, 6.07) is 19.4. The number of benzene rings is 2. The maximum Gasteiger partial charge on any atom is 0.272 e. The van der Waals surface area contributed by atoms with Crippen molar-refractivity contribution in [3.8, 4) is 0 Å². The molecule has 5 aromatic rings. The SMILES string of the molecule is Cc1cccn2cc(CNC(=O)c3nn(Cc4ccc(Cl)cc4)c4ccccc34)nc12. The number of carbonyl (C=O) groups excluding carboxylic acids is 1. The number of aromatic nitrogens is 4. The standard InChI is InChI=1S/C24H20ClN5O/c1-16-5-4-12-29-15-19(27-23(16)29)13-26-24(31)22-20-6-2-3-7-21(20)30(28-22)14-17-8-10-18(25)11-9-17/h2-12,15H,13-14H2,1H3,(H,26,31). The molecule has 1 N–H and O–H groups in total. The van der Waals surface area contributed by atoms with E-state index in [0.717, 1.165) is 33.4 Å². The van der Waals surface area contributed by atoms with E-state index in [1.807, 2.05) is 89.1 Å². The Kier molecular flexibility index (Phi) is 4.92. The number of halogens is 1. The lowest BCUT2D eigenvalue weighted by molar-refractivity contribution is 0.0946. The van der Waals surface area contributed by atoms with E-state index >= 15 is 0 Å². The molecule has 7 heteroatoms. The number of amides is 1. The predicted molar refractivity (Wildman–Crippen MR) is 121 cm³/mol. The normalized spacial score (nSPS) is 11.3. The smallest absolute Gasteiger partial charge is 0.272 e. The Bertz CT molecular complexity index is 1400. The molecule has 1 amide bonds. The summed E-state index contributed by atoms with van der Waals surface area (Å²) >= 11 is 5.99. The molecule has 6 nitrogen and oxygen atoms in total. The zero-order valence-corrected chi connectivity index (χ0v) is 17.7. The number of hydrogen-bond acceptors (Lipinski definition) is 3. The largest absolute Gasteiger partial charge is 0.345 e. The number of para-hydroxylation sites is 1. The highest BCUT2D eigenvalue weighted by Crippen LogP contribution is 2.20. The van der Waals surface area contributed by atoms with E-state index in [1.54, 1.807) is 0 Å². The van der Waals surface area contributed by atoms with E-state index in [0.29, 0.717) is 23.8 Å². The molecule has 5 rings (SSSR count). The average Bonchev–Trinajstić information content (AvgIpc) is 3.36. The molecule has 31 heavy (non-hydrogen) atoms. The van der Waals surface area contributed by atoms with Gasteiger partial charge in [-0.15, -0.1) is 0 Å². The number of rotatable bonds is 5. The van der Waals surface area contributed by atoms with Crippen LogP contribution in [0.1, 0.15) is 27.3 Å². The summed E-state index contributed by atoms with van der Waals surface area (Å²) in [5, 5.41) is 9.10.